The molecule has 67 heavy (non-hydrogen) atoms. The molecule has 8 heterocycles. The number of benzene rings is 3. The highest BCUT2D eigenvalue weighted by Gasteiger charge is 2.33. The molecule has 0 atom stereocenters. The molecule has 0 spiro atoms. The SMILES string of the molecule is Cc1ccc(S(=O)(=O)n2c(Cc3cnc4[nH]cc(-c5ccc(S(=O)(=O)N6CCCC6)cc5)c4c3-c3ccsc3)c(-c3ccc(S(=O)(=O)N4CCCC4)cc3)c3c(-c4ccsc4)ccnc32)cc1. The minimum atomic E-state index is -4.34. The first-order valence-electron chi connectivity index (χ1n) is 22.0. The van der Waals surface area contributed by atoms with E-state index in [1.165, 1.54) is 35.3 Å². The van der Waals surface area contributed by atoms with Crippen molar-refractivity contribution >= 4 is 74.8 Å². The normalized spacial score (nSPS) is 15.4. The molecule has 12 nitrogen and oxygen atoms in total. The predicted molar refractivity (Wildman–Crippen MR) is 266 cm³/mol. The van der Waals surface area contributed by atoms with E-state index in [9.17, 15) is 16.8 Å². The standard InChI is InChI=1S/C50H44N6O6S5/c1-33-6-12-41(13-7-33)67(61,62)56-44(46(48-42(18-21-51-50(48)56)36-19-26-63-31-36)35-10-16-40(17-11-35)66(59,60)55-24-4-5-25-55)28-38-29-52-49-47(45(38)37-20-27-64-32-37)43(30-53-49)34-8-14-39(15-9-34)65(57,58)54-22-2-3-23-54/h6-21,26-27,29-32H,2-5,22-25,28H2,1H3,(H,52,53). The molecule has 2 aliphatic heterocycles. The summed E-state index contributed by atoms with van der Waals surface area (Å²) in [5.74, 6) is 0. The van der Waals surface area contributed by atoms with E-state index in [2.05, 4.69) is 10.4 Å². The minimum Gasteiger partial charge on any atom is -0.345 e. The Labute approximate surface area is 397 Å². The van der Waals surface area contributed by atoms with Gasteiger partial charge in [-0.15, -0.1) is 0 Å². The third-order valence-corrected chi connectivity index (χ3v) is 19.9. The third kappa shape index (κ3) is 7.57. The summed E-state index contributed by atoms with van der Waals surface area (Å²) in [6, 6.07) is 26.4. The second-order valence-electron chi connectivity index (χ2n) is 17.0. The first kappa shape index (κ1) is 43.8. The van der Waals surface area contributed by atoms with Crippen molar-refractivity contribution in [2.75, 3.05) is 26.2 Å². The molecular weight excluding hydrogens is 941 g/mol. The molecule has 3 aromatic carbocycles. The van der Waals surface area contributed by atoms with Gasteiger partial charge in [0.15, 0.2) is 5.65 Å². The van der Waals surface area contributed by atoms with Crippen LogP contribution in [0.1, 0.15) is 42.5 Å². The van der Waals surface area contributed by atoms with E-state index in [-0.39, 0.29) is 26.8 Å². The molecule has 1 N–H and O–H groups in total. The predicted octanol–water partition coefficient (Wildman–Crippen LogP) is 10.4. The molecule has 0 amide bonds. The summed E-state index contributed by atoms with van der Waals surface area (Å²) in [6.07, 6.45) is 8.66. The second kappa shape index (κ2) is 17.1. The van der Waals surface area contributed by atoms with Gasteiger partial charge >= 0.3 is 0 Å². The van der Waals surface area contributed by atoms with Crippen LogP contribution < -0.4 is 0 Å². The number of sulfonamides is 2. The van der Waals surface area contributed by atoms with Crippen LogP contribution in [0.3, 0.4) is 0 Å². The highest BCUT2D eigenvalue weighted by molar-refractivity contribution is 7.90. The molecule has 0 bridgehead atoms. The van der Waals surface area contributed by atoms with Crippen molar-refractivity contribution in [3.63, 3.8) is 0 Å². The molecule has 0 unspecified atom stereocenters. The van der Waals surface area contributed by atoms with Crippen molar-refractivity contribution in [1.29, 1.82) is 0 Å². The number of nitrogens with zero attached hydrogens (tertiary/aromatic N) is 5. The molecule has 0 saturated carbocycles. The maximum absolute atomic E-state index is 15.4. The summed E-state index contributed by atoms with van der Waals surface area (Å²) in [4.78, 5) is 13.7. The summed E-state index contributed by atoms with van der Waals surface area (Å²) in [5, 5.41) is 9.45. The Balaban J connectivity index is 1.16. The number of pyridine rings is 2. The number of fused-ring (bicyclic) bond motifs is 2. The van der Waals surface area contributed by atoms with Crippen molar-refractivity contribution in [3.05, 3.63) is 148 Å². The number of rotatable bonds is 12. The fourth-order valence-electron chi connectivity index (χ4n) is 9.60. The first-order chi connectivity index (χ1) is 32.4. The van der Waals surface area contributed by atoms with Crippen LogP contribution >= 0.6 is 22.7 Å². The summed E-state index contributed by atoms with van der Waals surface area (Å²) in [7, 11) is -11.7. The molecule has 340 valence electrons. The molecule has 0 aliphatic carbocycles. The largest absolute Gasteiger partial charge is 0.345 e. The summed E-state index contributed by atoms with van der Waals surface area (Å²) in [6.45, 7) is 3.86. The summed E-state index contributed by atoms with van der Waals surface area (Å²) in [5.41, 5.74) is 9.14. The van der Waals surface area contributed by atoms with Crippen LogP contribution in [0, 0.1) is 6.92 Å². The van der Waals surface area contributed by atoms with Crippen molar-refractivity contribution in [2.45, 2.75) is 53.7 Å². The number of thiophene rings is 2. The van der Waals surface area contributed by atoms with Gasteiger partial charge in [-0.2, -0.15) is 31.3 Å². The maximum atomic E-state index is 15.4. The topological polar surface area (TPSA) is 155 Å². The van der Waals surface area contributed by atoms with Gasteiger partial charge in [-0.05, 0) is 148 Å². The van der Waals surface area contributed by atoms with E-state index in [0.717, 1.165) is 75.6 Å². The van der Waals surface area contributed by atoms with Gasteiger partial charge < -0.3 is 4.98 Å². The molecular formula is C50H44N6O6S5. The maximum Gasteiger partial charge on any atom is 0.269 e. The number of hydrogen-bond acceptors (Lipinski definition) is 10. The highest BCUT2D eigenvalue weighted by Crippen LogP contribution is 2.46. The molecule has 9 aromatic rings. The van der Waals surface area contributed by atoms with E-state index >= 15 is 8.42 Å². The molecule has 2 saturated heterocycles. The lowest BCUT2D eigenvalue weighted by Gasteiger charge is -2.17. The fraction of sp³-hybridized carbons (Fsp3) is 0.200. The monoisotopic (exact) mass is 984 g/mol. The Morgan fingerprint density at radius 1 is 0.567 bits per heavy atom. The highest BCUT2D eigenvalue weighted by atomic mass is 32.2. The summed E-state index contributed by atoms with van der Waals surface area (Å²) < 4.78 is 89.9. The average molecular weight is 985 g/mol. The third-order valence-electron chi connectivity index (χ3n) is 13.0. The number of aryl methyl sites for hydroxylation is 1. The number of hydrogen-bond donors (Lipinski definition) is 1. The van der Waals surface area contributed by atoms with E-state index in [4.69, 9.17) is 9.97 Å². The van der Waals surface area contributed by atoms with Crippen LogP contribution in [0.4, 0.5) is 0 Å². The summed E-state index contributed by atoms with van der Waals surface area (Å²) >= 11 is 3.07. The Bertz CT molecular complexity index is 3650. The lowest BCUT2D eigenvalue weighted by molar-refractivity contribution is 0.476. The molecule has 0 radical (unpaired) electrons. The van der Waals surface area contributed by atoms with Crippen LogP contribution in [0.25, 0.3) is 66.6 Å². The second-order valence-corrected chi connectivity index (χ2v) is 24.2. The Morgan fingerprint density at radius 2 is 1.12 bits per heavy atom. The Hall–Kier alpha value is -5.79. The fourth-order valence-corrected chi connectivity index (χ4v) is 15.4. The van der Waals surface area contributed by atoms with Crippen molar-refractivity contribution in [1.82, 2.24) is 27.5 Å². The number of nitrogens with one attached hydrogen (secondary N) is 1. The lowest BCUT2D eigenvalue weighted by atomic mass is 9.91. The van der Waals surface area contributed by atoms with E-state index in [1.807, 2.05) is 59.6 Å². The lowest BCUT2D eigenvalue weighted by Crippen LogP contribution is -2.27. The van der Waals surface area contributed by atoms with Crippen LogP contribution in [-0.4, -0.2) is 79.0 Å². The zero-order valence-corrected chi connectivity index (χ0v) is 40.4. The van der Waals surface area contributed by atoms with E-state index < -0.39 is 30.1 Å². The number of H-pyrrole nitrogens is 1. The van der Waals surface area contributed by atoms with Gasteiger partial charge in [0.2, 0.25) is 20.0 Å². The Kier molecular flexibility index (Phi) is 11.1. The minimum absolute atomic E-state index is 0.0689. The molecule has 2 fully saturated rings. The first-order valence-corrected chi connectivity index (χ1v) is 28.2. The smallest absolute Gasteiger partial charge is 0.269 e. The van der Waals surface area contributed by atoms with Gasteiger partial charge in [0.1, 0.15) is 5.65 Å². The van der Waals surface area contributed by atoms with Crippen LogP contribution in [0.15, 0.2) is 146 Å². The number of aromatic amines is 1. The van der Waals surface area contributed by atoms with Gasteiger partial charge in [0.05, 0.1) is 14.7 Å². The zero-order chi connectivity index (χ0) is 46.1. The van der Waals surface area contributed by atoms with Crippen LogP contribution in [0.5, 0.6) is 0 Å². The van der Waals surface area contributed by atoms with Gasteiger partial charge in [0.25, 0.3) is 10.0 Å². The average Bonchev–Trinajstić information content (AvgIpc) is 4.19. The molecule has 11 rings (SSSR count). The van der Waals surface area contributed by atoms with Crippen LogP contribution in [0.2, 0.25) is 0 Å². The van der Waals surface area contributed by atoms with Crippen molar-refractivity contribution in [2.24, 2.45) is 0 Å². The van der Waals surface area contributed by atoms with E-state index in [1.54, 1.807) is 73.1 Å². The molecule has 6 aromatic heterocycles. The molecule has 2 aliphatic rings. The van der Waals surface area contributed by atoms with Gasteiger partial charge in [-0.1, -0.05) is 42.0 Å². The van der Waals surface area contributed by atoms with E-state index in [0.29, 0.717) is 54.0 Å². The molecule has 17 heteroatoms. The van der Waals surface area contributed by atoms with Gasteiger partial charge in [-0.25, -0.2) is 39.2 Å². The van der Waals surface area contributed by atoms with Gasteiger partial charge in [-0.3, -0.25) is 0 Å². The van der Waals surface area contributed by atoms with Crippen molar-refractivity contribution < 1.29 is 25.3 Å². The Morgan fingerprint density at radius 3 is 1.70 bits per heavy atom. The quantitative estimate of drug-likeness (QED) is 0.127. The zero-order valence-electron chi connectivity index (χ0n) is 36.3. The van der Waals surface area contributed by atoms with Crippen LogP contribution in [-0.2, 0) is 36.5 Å². The number of aromatic nitrogens is 4. The van der Waals surface area contributed by atoms with Gasteiger partial charge in [0, 0.05) is 78.8 Å². The van der Waals surface area contributed by atoms with Crippen molar-refractivity contribution in [3.8, 4) is 44.5 Å².